The molecule has 0 aliphatic heterocycles. The fourth-order valence-electron chi connectivity index (χ4n) is 1.66. The van der Waals surface area contributed by atoms with Crippen molar-refractivity contribution in [1.82, 2.24) is 0 Å². The molecule has 0 saturated carbocycles. The molecule has 0 amide bonds. The van der Waals surface area contributed by atoms with Crippen LogP contribution in [0.5, 0.6) is 11.5 Å². The molecule has 0 atom stereocenters. The van der Waals surface area contributed by atoms with Crippen molar-refractivity contribution < 1.29 is 9.47 Å². The minimum atomic E-state index is 0.315. The second-order valence-electron chi connectivity index (χ2n) is 3.93. The van der Waals surface area contributed by atoms with Crippen molar-refractivity contribution >= 4 is 28.9 Å². The predicted molar refractivity (Wildman–Crippen MR) is 78.2 cm³/mol. The monoisotopic (exact) mass is 297 g/mol. The zero-order valence-corrected chi connectivity index (χ0v) is 11.8. The van der Waals surface area contributed by atoms with Crippen molar-refractivity contribution in [3.05, 3.63) is 52.0 Å². The van der Waals surface area contributed by atoms with Gasteiger partial charge in [-0.2, -0.15) is 0 Å². The molecule has 2 rings (SSSR count). The minimum Gasteiger partial charge on any atom is -0.496 e. The van der Waals surface area contributed by atoms with Gasteiger partial charge in [-0.3, -0.25) is 0 Å². The Morgan fingerprint density at radius 2 is 1.79 bits per heavy atom. The molecule has 0 radical (unpaired) electrons. The average molecular weight is 298 g/mol. The number of nitrogen functional groups attached to an aromatic ring is 1. The molecule has 2 aromatic rings. The number of nitrogens with two attached hydrogens (primary N) is 1. The molecule has 3 nitrogen and oxygen atoms in total. The number of halogens is 2. The van der Waals surface area contributed by atoms with Gasteiger partial charge in [-0.15, -0.1) is 0 Å². The van der Waals surface area contributed by atoms with Gasteiger partial charge in [0.15, 0.2) is 0 Å². The van der Waals surface area contributed by atoms with E-state index in [2.05, 4.69) is 0 Å². The van der Waals surface area contributed by atoms with Gasteiger partial charge in [0.05, 0.1) is 12.1 Å². The highest BCUT2D eigenvalue weighted by molar-refractivity contribution is 6.35. The predicted octanol–water partition coefficient (Wildman–Crippen LogP) is 4.16. The van der Waals surface area contributed by atoms with Crippen LogP contribution in [0.3, 0.4) is 0 Å². The zero-order valence-electron chi connectivity index (χ0n) is 10.3. The molecule has 19 heavy (non-hydrogen) atoms. The van der Waals surface area contributed by atoms with E-state index in [0.29, 0.717) is 28.1 Å². The summed E-state index contributed by atoms with van der Waals surface area (Å²) in [5.41, 5.74) is 7.26. The summed E-state index contributed by atoms with van der Waals surface area (Å²) in [5.74, 6) is 1.29. The third-order valence-electron chi connectivity index (χ3n) is 2.58. The number of ether oxygens (including phenoxy) is 2. The van der Waals surface area contributed by atoms with Gasteiger partial charge in [-0.25, -0.2) is 0 Å². The molecular formula is C14H13Cl2NO2. The van der Waals surface area contributed by atoms with E-state index in [9.17, 15) is 0 Å². The van der Waals surface area contributed by atoms with Crippen molar-refractivity contribution in [3.8, 4) is 11.5 Å². The molecule has 5 heteroatoms. The number of methoxy groups -OCH3 is 1. The first-order valence-corrected chi connectivity index (χ1v) is 6.36. The molecule has 0 spiro atoms. The molecule has 0 aromatic heterocycles. The fourth-order valence-corrected chi connectivity index (χ4v) is 2.12. The van der Waals surface area contributed by atoms with Crippen LogP contribution in [-0.2, 0) is 6.61 Å². The summed E-state index contributed by atoms with van der Waals surface area (Å²) in [4.78, 5) is 0. The zero-order chi connectivity index (χ0) is 13.8. The van der Waals surface area contributed by atoms with E-state index in [1.54, 1.807) is 37.4 Å². The molecular weight excluding hydrogens is 285 g/mol. The van der Waals surface area contributed by atoms with E-state index in [-0.39, 0.29) is 0 Å². The van der Waals surface area contributed by atoms with Gasteiger partial charge < -0.3 is 15.2 Å². The van der Waals surface area contributed by atoms with Gasteiger partial charge in [-0.1, -0.05) is 23.2 Å². The normalized spacial score (nSPS) is 10.3. The van der Waals surface area contributed by atoms with Crippen LogP contribution in [0, 0.1) is 0 Å². The Labute approximate surface area is 121 Å². The van der Waals surface area contributed by atoms with Crippen molar-refractivity contribution in [2.75, 3.05) is 12.8 Å². The quantitative estimate of drug-likeness (QED) is 0.862. The Hall–Kier alpha value is -1.58. The van der Waals surface area contributed by atoms with Gasteiger partial charge in [0, 0.05) is 16.3 Å². The van der Waals surface area contributed by atoms with Crippen molar-refractivity contribution in [3.63, 3.8) is 0 Å². The second kappa shape index (κ2) is 6.04. The van der Waals surface area contributed by atoms with Crippen LogP contribution in [0.15, 0.2) is 36.4 Å². The first kappa shape index (κ1) is 13.8. The van der Waals surface area contributed by atoms with Crippen LogP contribution >= 0.6 is 23.2 Å². The summed E-state index contributed by atoms with van der Waals surface area (Å²) >= 11 is 11.9. The van der Waals surface area contributed by atoms with Crippen LogP contribution in [-0.4, -0.2) is 7.11 Å². The highest BCUT2D eigenvalue weighted by Gasteiger charge is 2.07. The Morgan fingerprint density at radius 3 is 2.47 bits per heavy atom. The van der Waals surface area contributed by atoms with E-state index < -0.39 is 0 Å². The lowest BCUT2D eigenvalue weighted by Gasteiger charge is -2.12. The highest BCUT2D eigenvalue weighted by atomic mass is 35.5. The van der Waals surface area contributed by atoms with Crippen LogP contribution < -0.4 is 15.2 Å². The van der Waals surface area contributed by atoms with Gasteiger partial charge in [-0.05, 0) is 36.4 Å². The Morgan fingerprint density at radius 1 is 1.05 bits per heavy atom. The first-order chi connectivity index (χ1) is 9.10. The van der Waals surface area contributed by atoms with Gasteiger partial charge >= 0.3 is 0 Å². The lowest BCUT2D eigenvalue weighted by atomic mass is 10.2. The topological polar surface area (TPSA) is 44.5 Å². The van der Waals surface area contributed by atoms with Crippen LogP contribution in [0.4, 0.5) is 5.69 Å². The van der Waals surface area contributed by atoms with Crippen LogP contribution in [0.25, 0.3) is 0 Å². The highest BCUT2D eigenvalue weighted by Crippen LogP contribution is 2.29. The van der Waals surface area contributed by atoms with Gasteiger partial charge in [0.25, 0.3) is 0 Å². The lowest BCUT2D eigenvalue weighted by Crippen LogP contribution is -2.00. The number of anilines is 1. The van der Waals surface area contributed by atoms with E-state index in [1.165, 1.54) is 0 Å². The molecule has 0 aliphatic carbocycles. The molecule has 100 valence electrons. The van der Waals surface area contributed by atoms with Crippen molar-refractivity contribution in [2.45, 2.75) is 6.61 Å². The van der Waals surface area contributed by atoms with Gasteiger partial charge in [0.1, 0.15) is 18.1 Å². The van der Waals surface area contributed by atoms with E-state index in [0.717, 1.165) is 11.3 Å². The molecule has 0 fully saturated rings. The Bertz CT molecular complexity index is 588. The first-order valence-electron chi connectivity index (χ1n) is 5.60. The number of hydrogen-bond acceptors (Lipinski definition) is 3. The maximum absolute atomic E-state index is 6.04. The minimum absolute atomic E-state index is 0.315. The molecule has 0 saturated heterocycles. The summed E-state index contributed by atoms with van der Waals surface area (Å²) in [6, 6.07) is 10.5. The third-order valence-corrected chi connectivity index (χ3v) is 3.11. The smallest absolute Gasteiger partial charge is 0.138 e. The second-order valence-corrected chi connectivity index (χ2v) is 4.78. The molecule has 0 heterocycles. The summed E-state index contributed by atoms with van der Waals surface area (Å²) in [7, 11) is 1.60. The number of benzene rings is 2. The summed E-state index contributed by atoms with van der Waals surface area (Å²) in [6.45, 7) is 0.315. The summed E-state index contributed by atoms with van der Waals surface area (Å²) < 4.78 is 10.9. The Balaban J connectivity index is 2.16. The average Bonchev–Trinajstić information content (AvgIpc) is 2.38. The number of rotatable bonds is 4. The van der Waals surface area contributed by atoms with Crippen molar-refractivity contribution in [1.29, 1.82) is 0 Å². The molecule has 2 N–H and O–H groups in total. The molecule has 2 aromatic carbocycles. The number of hydrogen-bond donors (Lipinski definition) is 1. The summed E-state index contributed by atoms with van der Waals surface area (Å²) in [6.07, 6.45) is 0. The lowest BCUT2D eigenvalue weighted by molar-refractivity contribution is 0.297. The van der Waals surface area contributed by atoms with Crippen LogP contribution in [0.1, 0.15) is 5.56 Å². The van der Waals surface area contributed by atoms with Crippen molar-refractivity contribution in [2.24, 2.45) is 0 Å². The molecule has 0 unspecified atom stereocenters. The maximum Gasteiger partial charge on any atom is 0.138 e. The standard InChI is InChI=1S/C14H13Cl2NO2/c1-18-13-5-3-11(17)6-9(13)8-19-14-4-2-10(15)7-12(14)16/h2-7H,8,17H2,1H3. The Kier molecular flexibility index (Phi) is 4.40. The van der Waals surface area contributed by atoms with Gasteiger partial charge in [0.2, 0.25) is 0 Å². The largest absolute Gasteiger partial charge is 0.496 e. The maximum atomic E-state index is 6.04. The van der Waals surface area contributed by atoms with E-state index in [4.69, 9.17) is 38.4 Å². The van der Waals surface area contributed by atoms with E-state index in [1.807, 2.05) is 6.07 Å². The summed E-state index contributed by atoms with van der Waals surface area (Å²) in [5, 5.41) is 1.04. The van der Waals surface area contributed by atoms with E-state index >= 15 is 0 Å². The third kappa shape index (κ3) is 3.46. The molecule has 0 aliphatic rings. The SMILES string of the molecule is COc1ccc(N)cc1COc1ccc(Cl)cc1Cl. The molecule has 0 bridgehead atoms. The fraction of sp³-hybridized carbons (Fsp3) is 0.143. The van der Waals surface area contributed by atoms with Crippen LogP contribution in [0.2, 0.25) is 10.0 Å².